The first kappa shape index (κ1) is 20.2. The second kappa shape index (κ2) is 7.78. The lowest BCUT2D eigenvalue weighted by atomic mass is 10.1. The van der Waals surface area contributed by atoms with E-state index in [4.69, 9.17) is 11.6 Å². The standard InChI is InChI=1S/C22H22ClN5O2S/c1-15(17-3-2-4-19(23)9-17)26-31(29,30)21-10-24-28(14-21)13-20-12-27-11-18(16-5-6-16)7-8-22(27)25-20/h2-4,7-12,14-16,26H,5-6,13H2,1H3. The van der Waals surface area contributed by atoms with Gasteiger partial charge in [-0.1, -0.05) is 29.8 Å². The highest BCUT2D eigenvalue weighted by Gasteiger charge is 2.24. The number of sulfonamides is 1. The molecule has 0 aliphatic heterocycles. The van der Waals surface area contributed by atoms with Crippen molar-refractivity contribution in [3.8, 4) is 0 Å². The predicted octanol–water partition coefficient (Wildman–Crippen LogP) is 4.15. The van der Waals surface area contributed by atoms with Gasteiger partial charge in [0.2, 0.25) is 10.0 Å². The Labute approximate surface area is 185 Å². The summed E-state index contributed by atoms with van der Waals surface area (Å²) < 4.78 is 31.9. The van der Waals surface area contributed by atoms with Crippen molar-refractivity contribution >= 4 is 27.3 Å². The van der Waals surface area contributed by atoms with Crippen molar-refractivity contribution in [1.82, 2.24) is 23.9 Å². The maximum atomic E-state index is 12.8. The van der Waals surface area contributed by atoms with Crippen molar-refractivity contribution < 1.29 is 8.42 Å². The van der Waals surface area contributed by atoms with Crippen LogP contribution in [0.1, 0.15) is 48.5 Å². The number of hydrogen-bond donors (Lipinski definition) is 1. The van der Waals surface area contributed by atoms with Crippen LogP contribution >= 0.6 is 11.6 Å². The molecule has 1 N–H and O–H groups in total. The minimum Gasteiger partial charge on any atom is -0.306 e. The Morgan fingerprint density at radius 1 is 1.19 bits per heavy atom. The van der Waals surface area contributed by atoms with Crippen molar-refractivity contribution in [3.63, 3.8) is 0 Å². The third kappa shape index (κ3) is 4.37. The molecule has 1 aliphatic rings. The summed E-state index contributed by atoms with van der Waals surface area (Å²) in [5, 5.41) is 4.79. The minimum absolute atomic E-state index is 0.112. The smallest absolute Gasteiger partial charge is 0.244 e. The number of nitrogens with zero attached hydrogens (tertiary/aromatic N) is 4. The molecule has 5 rings (SSSR count). The molecule has 1 unspecified atom stereocenters. The molecule has 1 fully saturated rings. The molecular formula is C22H22ClN5O2S. The highest BCUT2D eigenvalue weighted by atomic mass is 35.5. The van der Waals surface area contributed by atoms with Gasteiger partial charge in [0.25, 0.3) is 0 Å². The number of benzene rings is 1. The van der Waals surface area contributed by atoms with Gasteiger partial charge in [-0.15, -0.1) is 0 Å². The predicted molar refractivity (Wildman–Crippen MR) is 119 cm³/mol. The van der Waals surface area contributed by atoms with Crippen molar-refractivity contribution in [3.05, 3.63) is 83.0 Å². The molecular weight excluding hydrogens is 434 g/mol. The highest BCUT2D eigenvalue weighted by Crippen LogP contribution is 2.39. The summed E-state index contributed by atoms with van der Waals surface area (Å²) in [6.07, 6.45) is 9.48. The first-order valence-electron chi connectivity index (χ1n) is 10.2. The molecule has 0 spiro atoms. The van der Waals surface area contributed by atoms with E-state index in [1.165, 1.54) is 30.8 Å². The van der Waals surface area contributed by atoms with Gasteiger partial charge >= 0.3 is 0 Å². The van der Waals surface area contributed by atoms with E-state index in [2.05, 4.69) is 27.1 Å². The van der Waals surface area contributed by atoms with Crippen LogP contribution in [0.25, 0.3) is 5.65 Å². The van der Waals surface area contributed by atoms with Crippen molar-refractivity contribution in [1.29, 1.82) is 0 Å². The molecule has 3 heterocycles. The summed E-state index contributed by atoms with van der Waals surface area (Å²) in [7, 11) is -3.73. The lowest BCUT2D eigenvalue weighted by Gasteiger charge is -2.14. The molecule has 160 valence electrons. The Hall–Kier alpha value is -2.68. The van der Waals surface area contributed by atoms with E-state index in [-0.39, 0.29) is 4.90 Å². The summed E-state index contributed by atoms with van der Waals surface area (Å²) in [6.45, 7) is 2.17. The molecule has 1 aliphatic carbocycles. The van der Waals surface area contributed by atoms with Crippen LogP contribution in [0, 0.1) is 0 Å². The van der Waals surface area contributed by atoms with Gasteiger partial charge in [-0.3, -0.25) is 4.68 Å². The SMILES string of the molecule is CC(NS(=O)(=O)c1cnn(Cc2cn3cc(C4CC4)ccc3n2)c1)c1cccc(Cl)c1. The number of imidazole rings is 1. The molecule has 31 heavy (non-hydrogen) atoms. The minimum atomic E-state index is -3.73. The number of nitrogens with one attached hydrogen (secondary N) is 1. The molecule has 1 atom stereocenters. The molecule has 0 bridgehead atoms. The maximum Gasteiger partial charge on any atom is 0.244 e. The van der Waals surface area contributed by atoms with Crippen LogP contribution in [0.2, 0.25) is 5.02 Å². The number of pyridine rings is 1. The fraction of sp³-hybridized carbons (Fsp3) is 0.273. The van der Waals surface area contributed by atoms with Crippen LogP contribution in [0.5, 0.6) is 0 Å². The normalized spacial score (nSPS) is 15.4. The molecule has 0 radical (unpaired) electrons. The molecule has 3 aromatic heterocycles. The van der Waals surface area contributed by atoms with E-state index in [0.717, 1.165) is 16.9 Å². The van der Waals surface area contributed by atoms with Crippen LogP contribution in [-0.4, -0.2) is 27.6 Å². The summed E-state index contributed by atoms with van der Waals surface area (Å²) in [5.74, 6) is 0.677. The Morgan fingerprint density at radius 2 is 2.03 bits per heavy atom. The third-order valence-electron chi connectivity index (χ3n) is 5.50. The second-order valence-corrected chi connectivity index (χ2v) is 10.2. The summed E-state index contributed by atoms with van der Waals surface area (Å²) in [5.41, 5.74) is 3.82. The van der Waals surface area contributed by atoms with Gasteiger partial charge in [-0.25, -0.2) is 18.1 Å². The first-order chi connectivity index (χ1) is 14.9. The average Bonchev–Trinajstić information content (AvgIpc) is 3.33. The fourth-order valence-corrected chi connectivity index (χ4v) is 5.06. The van der Waals surface area contributed by atoms with Crippen LogP contribution in [-0.2, 0) is 16.6 Å². The largest absolute Gasteiger partial charge is 0.306 e. The molecule has 7 nitrogen and oxygen atoms in total. The maximum absolute atomic E-state index is 12.8. The number of aromatic nitrogens is 4. The van der Waals surface area contributed by atoms with Gasteiger partial charge in [0.15, 0.2) is 0 Å². The summed E-state index contributed by atoms with van der Waals surface area (Å²) in [6, 6.07) is 10.9. The lowest BCUT2D eigenvalue weighted by molar-refractivity contribution is 0.566. The number of fused-ring (bicyclic) bond motifs is 1. The highest BCUT2D eigenvalue weighted by molar-refractivity contribution is 7.89. The Balaban J connectivity index is 1.31. The molecule has 9 heteroatoms. The number of halogens is 1. The molecule has 0 saturated heterocycles. The van der Waals surface area contributed by atoms with Crippen LogP contribution in [0.3, 0.4) is 0 Å². The Morgan fingerprint density at radius 3 is 2.81 bits per heavy atom. The molecule has 1 saturated carbocycles. The first-order valence-corrected chi connectivity index (χ1v) is 12.0. The van der Waals surface area contributed by atoms with Crippen molar-refractivity contribution in [2.75, 3.05) is 0 Å². The van der Waals surface area contributed by atoms with Gasteiger partial charge in [0, 0.05) is 29.7 Å². The number of hydrogen-bond acceptors (Lipinski definition) is 4. The van der Waals surface area contributed by atoms with Gasteiger partial charge < -0.3 is 4.40 Å². The summed E-state index contributed by atoms with van der Waals surface area (Å²) >= 11 is 6.02. The van der Waals surface area contributed by atoms with E-state index in [1.807, 2.05) is 22.7 Å². The van der Waals surface area contributed by atoms with Gasteiger partial charge in [0.1, 0.15) is 10.5 Å². The van der Waals surface area contributed by atoms with Crippen molar-refractivity contribution in [2.24, 2.45) is 0 Å². The quantitative estimate of drug-likeness (QED) is 0.454. The van der Waals surface area contributed by atoms with E-state index < -0.39 is 16.1 Å². The second-order valence-electron chi connectivity index (χ2n) is 8.01. The van der Waals surface area contributed by atoms with E-state index >= 15 is 0 Å². The van der Waals surface area contributed by atoms with Gasteiger partial charge in [-0.2, -0.15) is 5.10 Å². The topological polar surface area (TPSA) is 81.3 Å². The zero-order chi connectivity index (χ0) is 21.6. The van der Waals surface area contributed by atoms with Crippen LogP contribution < -0.4 is 4.72 Å². The van der Waals surface area contributed by atoms with Gasteiger partial charge in [0.05, 0.1) is 18.4 Å². The fourth-order valence-electron chi connectivity index (χ4n) is 3.68. The third-order valence-corrected chi connectivity index (χ3v) is 7.23. The average molecular weight is 456 g/mol. The zero-order valence-electron chi connectivity index (χ0n) is 16.9. The molecule has 0 amide bonds. The van der Waals surface area contributed by atoms with Crippen molar-refractivity contribution in [2.45, 2.75) is 43.2 Å². The summed E-state index contributed by atoms with van der Waals surface area (Å²) in [4.78, 5) is 4.73. The molecule has 1 aromatic carbocycles. The lowest BCUT2D eigenvalue weighted by Crippen LogP contribution is -2.26. The zero-order valence-corrected chi connectivity index (χ0v) is 18.5. The van der Waals surface area contributed by atoms with E-state index in [0.29, 0.717) is 17.5 Å². The van der Waals surface area contributed by atoms with Crippen LogP contribution in [0.15, 0.2) is 66.1 Å². The van der Waals surface area contributed by atoms with E-state index in [9.17, 15) is 8.42 Å². The van der Waals surface area contributed by atoms with Crippen LogP contribution in [0.4, 0.5) is 0 Å². The number of rotatable bonds is 7. The Bertz CT molecular complexity index is 1360. The Kier molecular flexibility index (Phi) is 5.08. The van der Waals surface area contributed by atoms with Gasteiger partial charge in [-0.05, 0) is 55.0 Å². The molecule has 4 aromatic rings. The monoisotopic (exact) mass is 455 g/mol. The van der Waals surface area contributed by atoms with E-state index in [1.54, 1.807) is 29.8 Å².